The Hall–Kier alpha value is -3.56. The molecule has 0 bridgehead atoms. The molecule has 2 heterocycles. The van der Waals surface area contributed by atoms with Crippen LogP contribution in [0.5, 0.6) is 17.2 Å². The summed E-state index contributed by atoms with van der Waals surface area (Å²) in [6.45, 7) is 1.71. The Morgan fingerprint density at radius 3 is 2.00 bits per heavy atom. The van der Waals surface area contributed by atoms with Crippen LogP contribution in [0.15, 0.2) is 29.1 Å². The number of amides is 2. The fourth-order valence-electron chi connectivity index (χ4n) is 3.34. The van der Waals surface area contributed by atoms with Gasteiger partial charge in [0.2, 0.25) is 5.75 Å². The number of aromatic nitrogens is 2. The number of nitrogens with zero attached hydrogens (tertiary/aromatic N) is 3. The van der Waals surface area contributed by atoms with Crippen LogP contribution in [0.4, 0.5) is 0 Å². The maximum absolute atomic E-state index is 13.1. The van der Waals surface area contributed by atoms with Crippen LogP contribution >= 0.6 is 0 Å². The van der Waals surface area contributed by atoms with Crippen molar-refractivity contribution < 1.29 is 23.8 Å². The van der Waals surface area contributed by atoms with E-state index in [1.807, 2.05) is 0 Å². The highest BCUT2D eigenvalue weighted by atomic mass is 16.5. The standard InChI is InChI=1S/C20H24N4O6/c1-28-15-11-13(12-16(29-2)18(15)30-3)19(26)23-7-4-8-24(10-9-23)20(27)14-5-6-17(25)22-21-14/h5-6,11-12H,4,7-10H2,1-3H3,(H,22,25). The fourth-order valence-corrected chi connectivity index (χ4v) is 3.34. The van der Waals surface area contributed by atoms with E-state index in [9.17, 15) is 14.4 Å². The number of aromatic amines is 1. The van der Waals surface area contributed by atoms with E-state index in [1.54, 1.807) is 21.9 Å². The molecule has 0 saturated carbocycles. The summed E-state index contributed by atoms with van der Waals surface area (Å²) in [6, 6.07) is 5.88. The van der Waals surface area contributed by atoms with Gasteiger partial charge in [0.1, 0.15) is 5.69 Å². The first-order valence-electron chi connectivity index (χ1n) is 9.42. The van der Waals surface area contributed by atoms with Gasteiger partial charge in [-0.3, -0.25) is 14.4 Å². The van der Waals surface area contributed by atoms with E-state index < -0.39 is 0 Å². The molecule has 0 aliphatic carbocycles. The van der Waals surface area contributed by atoms with Gasteiger partial charge < -0.3 is 24.0 Å². The quantitative estimate of drug-likeness (QED) is 0.766. The lowest BCUT2D eigenvalue weighted by molar-refractivity contribution is 0.0714. The molecule has 0 spiro atoms. The minimum absolute atomic E-state index is 0.166. The van der Waals surface area contributed by atoms with Crippen LogP contribution in [-0.2, 0) is 0 Å². The molecule has 1 aliphatic rings. The van der Waals surface area contributed by atoms with E-state index in [0.717, 1.165) is 0 Å². The number of benzene rings is 1. The Labute approximate surface area is 173 Å². The Morgan fingerprint density at radius 2 is 1.50 bits per heavy atom. The molecule has 1 saturated heterocycles. The van der Waals surface area contributed by atoms with Crippen LogP contribution in [-0.4, -0.2) is 79.3 Å². The van der Waals surface area contributed by atoms with Crippen molar-refractivity contribution in [1.29, 1.82) is 0 Å². The molecule has 10 heteroatoms. The highest BCUT2D eigenvalue weighted by Gasteiger charge is 2.26. The topological polar surface area (TPSA) is 114 Å². The average molecular weight is 416 g/mol. The molecule has 30 heavy (non-hydrogen) atoms. The van der Waals surface area contributed by atoms with Crippen LogP contribution < -0.4 is 19.8 Å². The molecule has 2 aromatic rings. The van der Waals surface area contributed by atoms with Crippen LogP contribution in [0, 0.1) is 0 Å². The predicted octanol–water partition coefficient (Wildman–Crippen LogP) is 0.784. The van der Waals surface area contributed by atoms with Crippen molar-refractivity contribution >= 4 is 11.8 Å². The Kier molecular flexibility index (Phi) is 6.55. The fraction of sp³-hybridized carbons (Fsp3) is 0.400. The van der Waals surface area contributed by atoms with Gasteiger partial charge in [-0.1, -0.05) is 0 Å². The molecule has 10 nitrogen and oxygen atoms in total. The van der Waals surface area contributed by atoms with Gasteiger partial charge in [-0.2, -0.15) is 5.10 Å². The van der Waals surface area contributed by atoms with Gasteiger partial charge in [-0.05, 0) is 24.6 Å². The monoisotopic (exact) mass is 416 g/mol. The van der Waals surface area contributed by atoms with Gasteiger partial charge in [0, 0.05) is 37.8 Å². The number of ether oxygens (including phenoxy) is 3. The number of nitrogens with one attached hydrogen (secondary N) is 1. The first kappa shape index (κ1) is 21.2. The molecule has 1 aliphatic heterocycles. The third-order valence-corrected chi connectivity index (χ3v) is 4.88. The second-order valence-corrected chi connectivity index (χ2v) is 6.66. The van der Waals surface area contributed by atoms with Crippen molar-refractivity contribution in [2.24, 2.45) is 0 Å². The molecular weight excluding hydrogens is 392 g/mol. The van der Waals surface area contributed by atoms with Gasteiger partial charge in [-0.15, -0.1) is 0 Å². The summed E-state index contributed by atoms with van der Waals surface area (Å²) in [5.41, 5.74) is 0.204. The SMILES string of the molecule is COc1cc(C(=O)N2CCCN(C(=O)c3ccc(=O)[nH]n3)CC2)cc(OC)c1OC. The zero-order chi connectivity index (χ0) is 21.7. The zero-order valence-electron chi connectivity index (χ0n) is 17.1. The van der Waals surface area contributed by atoms with Crippen LogP contribution in [0.2, 0.25) is 0 Å². The van der Waals surface area contributed by atoms with E-state index in [0.29, 0.717) is 55.4 Å². The molecule has 3 rings (SSSR count). The molecule has 2 amide bonds. The second kappa shape index (κ2) is 9.29. The number of methoxy groups -OCH3 is 3. The van der Waals surface area contributed by atoms with Gasteiger partial charge in [0.25, 0.3) is 17.4 Å². The molecule has 0 atom stereocenters. The van der Waals surface area contributed by atoms with E-state index in [-0.39, 0.29) is 23.1 Å². The number of rotatable bonds is 5. The molecular formula is C20H24N4O6. The van der Waals surface area contributed by atoms with Crippen LogP contribution in [0.3, 0.4) is 0 Å². The first-order chi connectivity index (χ1) is 14.5. The highest BCUT2D eigenvalue weighted by molar-refractivity contribution is 5.96. The maximum atomic E-state index is 13.1. The van der Waals surface area contributed by atoms with Crippen molar-refractivity contribution in [3.05, 3.63) is 45.9 Å². The van der Waals surface area contributed by atoms with Gasteiger partial charge >= 0.3 is 0 Å². The van der Waals surface area contributed by atoms with E-state index in [1.165, 1.54) is 33.5 Å². The summed E-state index contributed by atoms with van der Waals surface area (Å²) in [6.07, 6.45) is 0.616. The molecule has 1 fully saturated rings. The minimum Gasteiger partial charge on any atom is -0.493 e. The largest absolute Gasteiger partial charge is 0.493 e. The summed E-state index contributed by atoms with van der Waals surface area (Å²) in [5.74, 6) is 0.739. The Morgan fingerprint density at radius 1 is 0.900 bits per heavy atom. The number of H-pyrrole nitrogens is 1. The van der Waals surface area contributed by atoms with Crippen molar-refractivity contribution in [2.75, 3.05) is 47.5 Å². The van der Waals surface area contributed by atoms with Crippen molar-refractivity contribution in [1.82, 2.24) is 20.0 Å². The average Bonchev–Trinajstić information content (AvgIpc) is 3.03. The highest BCUT2D eigenvalue weighted by Crippen LogP contribution is 2.38. The van der Waals surface area contributed by atoms with E-state index in [4.69, 9.17) is 14.2 Å². The van der Waals surface area contributed by atoms with Gasteiger partial charge in [0.05, 0.1) is 21.3 Å². The summed E-state index contributed by atoms with van der Waals surface area (Å²) in [5, 5.41) is 6.05. The molecule has 0 radical (unpaired) electrons. The molecule has 1 N–H and O–H groups in total. The predicted molar refractivity (Wildman–Crippen MR) is 107 cm³/mol. The number of carbonyl (C=O) groups is 2. The van der Waals surface area contributed by atoms with Crippen molar-refractivity contribution in [3.63, 3.8) is 0 Å². The third kappa shape index (κ3) is 4.37. The summed E-state index contributed by atoms with van der Waals surface area (Å²) in [4.78, 5) is 40.2. The van der Waals surface area contributed by atoms with Crippen molar-refractivity contribution in [3.8, 4) is 17.2 Å². The zero-order valence-corrected chi connectivity index (χ0v) is 17.1. The lowest BCUT2D eigenvalue weighted by atomic mass is 10.1. The van der Waals surface area contributed by atoms with E-state index >= 15 is 0 Å². The van der Waals surface area contributed by atoms with Crippen LogP contribution in [0.25, 0.3) is 0 Å². The number of hydrogen-bond donors (Lipinski definition) is 1. The number of carbonyl (C=O) groups excluding carboxylic acids is 2. The van der Waals surface area contributed by atoms with Gasteiger partial charge in [0.15, 0.2) is 11.5 Å². The third-order valence-electron chi connectivity index (χ3n) is 4.88. The molecule has 0 unspecified atom stereocenters. The lowest BCUT2D eigenvalue weighted by Crippen LogP contribution is -2.37. The van der Waals surface area contributed by atoms with Gasteiger partial charge in [-0.25, -0.2) is 5.10 Å². The Bertz CT molecular complexity index is 944. The van der Waals surface area contributed by atoms with Crippen molar-refractivity contribution in [2.45, 2.75) is 6.42 Å². The van der Waals surface area contributed by atoms with E-state index in [2.05, 4.69) is 10.2 Å². The maximum Gasteiger partial charge on any atom is 0.274 e. The molecule has 1 aromatic heterocycles. The second-order valence-electron chi connectivity index (χ2n) is 6.66. The summed E-state index contributed by atoms with van der Waals surface area (Å²) in [7, 11) is 4.48. The summed E-state index contributed by atoms with van der Waals surface area (Å²) < 4.78 is 16.0. The summed E-state index contributed by atoms with van der Waals surface area (Å²) >= 11 is 0. The molecule has 1 aromatic carbocycles. The normalized spacial score (nSPS) is 14.1. The Balaban J connectivity index is 1.75. The number of hydrogen-bond acceptors (Lipinski definition) is 7. The smallest absolute Gasteiger partial charge is 0.274 e. The lowest BCUT2D eigenvalue weighted by Gasteiger charge is -2.23. The molecule has 160 valence electrons. The minimum atomic E-state index is -0.371. The van der Waals surface area contributed by atoms with Crippen LogP contribution in [0.1, 0.15) is 27.3 Å². The first-order valence-corrected chi connectivity index (χ1v) is 9.42.